The van der Waals surface area contributed by atoms with E-state index in [0.29, 0.717) is 17.8 Å². The lowest BCUT2D eigenvalue weighted by Crippen LogP contribution is -2.19. The van der Waals surface area contributed by atoms with Crippen LogP contribution in [0.25, 0.3) is 11.5 Å². The maximum atomic E-state index is 5.18. The lowest BCUT2D eigenvalue weighted by Gasteiger charge is -1.97. The van der Waals surface area contributed by atoms with E-state index in [9.17, 15) is 0 Å². The molecular weight excluding hydrogens is 216 g/mol. The summed E-state index contributed by atoms with van der Waals surface area (Å²) < 4.78 is 5.18. The highest BCUT2D eigenvalue weighted by Gasteiger charge is 2.20. The van der Waals surface area contributed by atoms with E-state index in [0.717, 1.165) is 18.7 Å². The van der Waals surface area contributed by atoms with Gasteiger partial charge in [0.05, 0.1) is 0 Å². The summed E-state index contributed by atoms with van der Waals surface area (Å²) in [4.78, 5) is 8.50. The molecule has 2 aromatic rings. The molecule has 1 saturated carbocycles. The molecule has 88 valence electrons. The maximum absolute atomic E-state index is 5.18. The molecule has 2 aromatic heterocycles. The second-order valence-corrected chi connectivity index (χ2v) is 4.21. The minimum absolute atomic E-state index is 0.562. The van der Waals surface area contributed by atoms with Crippen LogP contribution < -0.4 is 5.32 Å². The molecule has 2 heterocycles. The largest absolute Gasteiger partial charge is 0.339 e. The van der Waals surface area contributed by atoms with Crippen LogP contribution >= 0.6 is 0 Å². The van der Waals surface area contributed by atoms with Gasteiger partial charge < -0.3 is 9.84 Å². The molecule has 3 rings (SSSR count). The summed E-state index contributed by atoms with van der Waals surface area (Å²) in [5.41, 5.74) is 0.748. The molecule has 0 amide bonds. The van der Waals surface area contributed by atoms with Crippen LogP contribution in [0.1, 0.15) is 18.7 Å². The Kier molecular flexibility index (Phi) is 2.83. The molecule has 0 spiro atoms. The SMILES string of the molecule is c1ccc(-c2noc(CCNC3CC3)n2)nc1. The quantitative estimate of drug-likeness (QED) is 0.841. The number of pyridine rings is 1. The highest BCUT2D eigenvalue weighted by molar-refractivity contribution is 5.46. The molecular formula is C12H14N4O. The fourth-order valence-electron chi connectivity index (χ4n) is 1.63. The molecule has 1 N–H and O–H groups in total. The van der Waals surface area contributed by atoms with Crippen LogP contribution in [-0.2, 0) is 6.42 Å². The molecule has 5 nitrogen and oxygen atoms in total. The molecule has 1 aliphatic carbocycles. The van der Waals surface area contributed by atoms with Gasteiger partial charge >= 0.3 is 0 Å². The predicted molar refractivity (Wildman–Crippen MR) is 62.3 cm³/mol. The predicted octanol–water partition coefficient (Wildman–Crippen LogP) is 1.43. The lowest BCUT2D eigenvalue weighted by atomic mass is 10.3. The van der Waals surface area contributed by atoms with E-state index in [1.807, 2.05) is 18.2 Å². The summed E-state index contributed by atoms with van der Waals surface area (Å²) in [6.07, 6.45) is 5.09. The van der Waals surface area contributed by atoms with E-state index in [-0.39, 0.29) is 0 Å². The summed E-state index contributed by atoms with van der Waals surface area (Å²) in [6, 6.07) is 6.36. The van der Waals surface area contributed by atoms with Crippen molar-refractivity contribution in [3.8, 4) is 11.5 Å². The van der Waals surface area contributed by atoms with Gasteiger partial charge in [-0.2, -0.15) is 4.98 Å². The fourth-order valence-corrected chi connectivity index (χ4v) is 1.63. The number of nitrogens with one attached hydrogen (secondary N) is 1. The van der Waals surface area contributed by atoms with Gasteiger partial charge in [0.2, 0.25) is 11.7 Å². The molecule has 1 fully saturated rings. The average molecular weight is 230 g/mol. The Morgan fingerprint density at radius 3 is 3.06 bits per heavy atom. The van der Waals surface area contributed by atoms with E-state index in [2.05, 4.69) is 20.4 Å². The zero-order chi connectivity index (χ0) is 11.5. The second-order valence-electron chi connectivity index (χ2n) is 4.21. The second kappa shape index (κ2) is 4.63. The first-order chi connectivity index (χ1) is 8.42. The van der Waals surface area contributed by atoms with Gasteiger partial charge in [0.25, 0.3) is 0 Å². The van der Waals surface area contributed by atoms with Crippen LogP contribution in [0.4, 0.5) is 0 Å². The Morgan fingerprint density at radius 1 is 1.35 bits per heavy atom. The van der Waals surface area contributed by atoms with E-state index in [4.69, 9.17) is 4.52 Å². The van der Waals surface area contributed by atoms with E-state index in [1.54, 1.807) is 6.20 Å². The van der Waals surface area contributed by atoms with Crippen molar-refractivity contribution < 1.29 is 4.52 Å². The van der Waals surface area contributed by atoms with Crippen LogP contribution in [0.5, 0.6) is 0 Å². The molecule has 0 aromatic carbocycles. The van der Waals surface area contributed by atoms with Crippen molar-refractivity contribution in [2.75, 3.05) is 6.54 Å². The number of nitrogens with zero attached hydrogens (tertiary/aromatic N) is 3. The molecule has 0 aliphatic heterocycles. The van der Waals surface area contributed by atoms with Gasteiger partial charge in [0, 0.05) is 25.2 Å². The third-order valence-electron chi connectivity index (χ3n) is 2.71. The molecule has 0 unspecified atom stereocenters. The number of aromatic nitrogens is 3. The van der Waals surface area contributed by atoms with Crippen molar-refractivity contribution in [2.24, 2.45) is 0 Å². The minimum Gasteiger partial charge on any atom is -0.339 e. The third kappa shape index (κ3) is 2.68. The standard InChI is InChI=1S/C12H14N4O/c1-2-7-14-10(3-1)12-15-11(17-16-12)6-8-13-9-4-5-9/h1-3,7,9,13H,4-6,8H2. The van der Waals surface area contributed by atoms with Crippen LogP contribution in [0.15, 0.2) is 28.9 Å². The molecule has 5 heteroatoms. The van der Waals surface area contributed by atoms with Gasteiger partial charge in [-0.1, -0.05) is 11.2 Å². The summed E-state index contributed by atoms with van der Waals surface area (Å²) >= 11 is 0. The Bertz CT molecular complexity index is 478. The van der Waals surface area contributed by atoms with Gasteiger partial charge in [-0.05, 0) is 25.0 Å². The Labute approximate surface area is 99.3 Å². The van der Waals surface area contributed by atoms with Crippen LogP contribution in [0, 0.1) is 0 Å². The van der Waals surface area contributed by atoms with Crippen molar-refractivity contribution in [2.45, 2.75) is 25.3 Å². The monoisotopic (exact) mass is 230 g/mol. The Balaban J connectivity index is 1.61. The highest BCUT2D eigenvalue weighted by atomic mass is 16.5. The van der Waals surface area contributed by atoms with Crippen LogP contribution in [0.3, 0.4) is 0 Å². The Morgan fingerprint density at radius 2 is 2.29 bits per heavy atom. The normalized spacial score (nSPS) is 15.1. The minimum atomic E-state index is 0.562. The maximum Gasteiger partial charge on any atom is 0.228 e. The number of hydrogen-bond acceptors (Lipinski definition) is 5. The lowest BCUT2D eigenvalue weighted by molar-refractivity contribution is 0.376. The first-order valence-electron chi connectivity index (χ1n) is 5.89. The van der Waals surface area contributed by atoms with E-state index >= 15 is 0 Å². The van der Waals surface area contributed by atoms with Crippen molar-refractivity contribution in [3.63, 3.8) is 0 Å². The molecule has 0 atom stereocenters. The zero-order valence-corrected chi connectivity index (χ0v) is 9.47. The molecule has 0 bridgehead atoms. The topological polar surface area (TPSA) is 63.8 Å². The van der Waals surface area contributed by atoms with Crippen molar-refractivity contribution in [1.29, 1.82) is 0 Å². The van der Waals surface area contributed by atoms with E-state index in [1.165, 1.54) is 12.8 Å². The number of hydrogen-bond donors (Lipinski definition) is 1. The van der Waals surface area contributed by atoms with Crippen LogP contribution in [-0.4, -0.2) is 27.7 Å². The highest BCUT2D eigenvalue weighted by Crippen LogP contribution is 2.18. The summed E-state index contributed by atoms with van der Waals surface area (Å²) in [6.45, 7) is 0.897. The summed E-state index contributed by atoms with van der Waals surface area (Å²) in [7, 11) is 0. The first-order valence-corrected chi connectivity index (χ1v) is 5.89. The van der Waals surface area contributed by atoms with Gasteiger partial charge in [0.1, 0.15) is 5.69 Å². The molecule has 0 saturated heterocycles. The van der Waals surface area contributed by atoms with Crippen molar-refractivity contribution in [1.82, 2.24) is 20.4 Å². The van der Waals surface area contributed by atoms with Crippen molar-refractivity contribution >= 4 is 0 Å². The van der Waals surface area contributed by atoms with Crippen LogP contribution in [0.2, 0.25) is 0 Å². The van der Waals surface area contributed by atoms with Crippen molar-refractivity contribution in [3.05, 3.63) is 30.3 Å². The van der Waals surface area contributed by atoms with Gasteiger partial charge in [-0.15, -0.1) is 0 Å². The molecule has 1 aliphatic rings. The van der Waals surface area contributed by atoms with Gasteiger partial charge in [0.15, 0.2) is 0 Å². The molecule has 0 radical (unpaired) electrons. The average Bonchev–Trinajstić information content (AvgIpc) is 3.07. The third-order valence-corrected chi connectivity index (χ3v) is 2.71. The first kappa shape index (κ1) is 10.4. The smallest absolute Gasteiger partial charge is 0.228 e. The Hall–Kier alpha value is -1.75. The fraction of sp³-hybridized carbons (Fsp3) is 0.417. The number of rotatable bonds is 5. The van der Waals surface area contributed by atoms with Gasteiger partial charge in [-0.3, -0.25) is 4.98 Å². The summed E-state index contributed by atoms with van der Waals surface area (Å²) in [5.74, 6) is 1.23. The summed E-state index contributed by atoms with van der Waals surface area (Å²) in [5, 5.41) is 7.33. The molecule has 17 heavy (non-hydrogen) atoms. The van der Waals surface area contributed by atoms with E-state index < -0.39 is 0 Å². The van der Waals surface area contributed by atoms with Gasteiger partial charge in [-0.25, -0.2) is 0 Å². The zero-order valence-electron chi connectivity index (χ0n) is 9.47.